The number of halogens is 1. The van der Waals surface area contributed by atoms with Crippen LogP contribution in [0, 0.1) is 0 Å². The lowest BCUT2D eigenvalue weighted by Gasteiger charge is -2.34. The summed E-state index contributed by atoms with van der Waals surface area (Å²) in [5.41, 5.74) is 1.81. The van der Waals surface area contributed by atoms with E-state index in [0.29, 0.717) is 22.8 Å². The van der Waals surface area contributed by atoms with Crippen LogP contribution in [-0.4, -0.2) is 58.0 Å². The highest BCUT2D eigenvalue weighted by molar-refractivity contribution is 7.92. The van der Waals surface area contributed by atoms with Crippen molar-refractivity contribution in [1.29, 1.82) is 0 Å². The zero-order chi connectivity index (χ0) is 34.0. The van der Waals surface area contributed by atoms with E-state index in [-0.39, 0.29) is 41.2 Å². The quantitative estimate of drug-likeness (QED) is 0.163. The summed E-state index contributed by atoms with van der Waals surface area (Å²) in [5.74, 6) is -0.330. The molecule has 4 aromatic rings. The van der Waals surface area contributed by atoms with E-state index in [1.165, 1.54) is 37.3 Å². The number of amides is 2. The van der Waals surface area contributed by atoms with Gasteiger partial charge in [0.2, 0.25) is 11.8 Å². The van der Waals surface area contributed by atoms with Gasteiger partial charge in [-0.2, -0.15) is 0 Å². The van der Waals surface area contributed by atoms with Gasteiger partial charge < -0.3 is 19.7 Å². The predicted molar refractivity (Wildman–Crippen MR) is 184 cm³/mol. The Balaban J connectivity index is 1.81. The Morgan fingerprint density at radius 3 is 2.09 bits per heavy atom. The summed E-state index contributed by atoms with van der Waals surface area (Å²) in [6.45, 7) is 3.29. The van der Waals surface area contributed by atoms with Crippen LogP contribution in [0.3, 0.4) is 0 Å². The summed E-state index contributed by atoms with van der Waals surface area (Å²) in [4.78, 5) is 29.9. The van der Waals surface area contributed by atoms with Gasteiger partial charge in [-0.3, -0.25) is 13.9 Å². The SMILES string of the molecule is CCC(C)NC(=O)C(Cc1ccccc1)N(Cc1cccc(Cl)c1)C(=O)CN(c1ccccc1)S(=O)(=O)c1ccc(OC)c(OC)c1. The second-order valence-corrected chi connectivity index (χ2v) is 13.3. The molecule has 0 saturated heterocycles. The molecule has 4 rings (SSSR count). The highest BCUT2D eigenvalue weighted by Crippen LogP contribution is 2.32. The Bertz CT molecular complexity index is 1760. The molecule has 1 N–H and O–H groups in total. The summed E-state index contributed by atoms with van der Waals surface area (Å²) < 4.78 is 40.3. The van der Waals surface area contributed by atoms with E-state index >= 15 is 0 Å². The fraction of sp³-hybridized carbons (Fsp3) is 0.278. The molecule has 9 nitrogen and oxygen atoms in total. The fourth-order valence-electron chi connectivity index (χ4n) is 5.05. The van der Waals surface area contributed by atoms with Crippen molar-refractivity contribution in [3.8, 4) is 11.5 Å². The summed E-state index contributed by atoms with van der Waals surface area (Å²) in [7, 11) is -1.45. The summed E-state index contributed by atoms with van der Waals surface area (Å²) in [5, 5.41) is 3.50. The number of carbonyl (C=O) groups is 2. The maximum Gasteiger partial charge on any atom is 0.264 e. The van der Waals surface area contributed by atoms with Gasteiger partial charge in [-0.05, 0) is 60.9 Å². The van der Waals surface area contributed by atoms with Crippen LogP contribution in [0.4, 0.5) is 5.69 Å². The number of carbonyl (C=O) groups excluding carboxylic acids is 2. The largest absolute Gasteiger partial charge is 0.493 e. The van der Waals surface area contributed by atoms with Gasteiger partial charge in [-0.25, -0.2) is 8.42 Å². The van der Waals surface area contributed by atoms with E-state index in [1.807, 2.05) is 50.2 Å². The number of methoxy groups -OCH3 is 2. The molecule has 2 unspecified atom stereocenters. The van der Waals surface area contributed by atoms with E-state index in [4.69, 9.17) is 21.1 Å². The Labute approximate surface area is 282 Å². The summed E-state index contributed by atoms with van der Waals surface area (Å²) in [6.07, 6.45) is 0.903. The second kappa shape index (κ2) is 16.3. The molecule has 248 valence electrons. The van der Waals surface area contributed by atoms with Crippen molar-refractivity contribution in [2.75, 3.05) is 25.1 Å². The molecule has 0 aliphatic carbocycles. The number of para-hydroxylation sites is 1. The monoisotopic (exact) mass is 677 g/mol. The third kappa shape index (κ3) is 9.05. The molecule has 0 saturated carbocycles. The molecule has 4 aromatic carbocycles. The van der Waals surface area contributed by atoms with Crippen LogP contribution >= 0.6 is 11.6 Å². The van der Waals surface area contributed by atoms with E-state index < -0.39 is 28.5 Å². The molecule has 2 atom stereocenters. The zero-order valence-electron chi connectivity index (χ0n) is 26.9. The van der Waals surface area contributed by atoms with Crippen LogP contribution in [0.5, 0.6) is 11.5 Å². The summed E-state index contributed by atoms with van der Waals surface area (Å²) in [6, 6.07) is 28.0. The van der Waals surface area contributed by atoms with Crippen molar-refractivity contribution < 1.29 is 27.5 Å². The molecule has 11 heteroatoms. The molecule has 0 heterocycles. The van der Waals surface area contributed by atoms with Crippen LogP contribution < -0.4 is 19.1 Å². The first-order valence-corrected chi connectivity index (χ1v) is 17.1. The number of anilines is 1. The minimum Gasteiger partial charge on any atom is -0.493 e. The minimum absolute atomic E-state index is 0.0177. The average Bonchev–Trinajstić information content (AvgIpc) is 3.08. The van der Waals surface area contributed by atoms with E-state index in [9.17, 15) is 18.0 Å². The van der Waals surface area contributed by atoms with Crippen LogP contribution in [0.2, 0.25) is 5.02 Å². The minimum atomic E-state index is -4.32. The molecule has 0 aliphatic rings. The Hall–Kier alpha value is -4.54. The van der Waals surface area contributed by atoms with E-state index in [2.05, 4.69) is 5.32 Å². The van der Waals surface area contributed by atoms with Crippen molar-refractivity contribution in [2.24, 2.45) is 0 Å². The number of hydrogen-bond donors (Lipinski definition) is 1. The molecule has 0 radical (unpaired) electrons. The van der Waals surface area contributed by atoms with Crippen molar-refractivity contribution in [1.82, 2.24) is 10.2 Å². The number of ether oxygens (including phenoxy) is 2. The summed E-state index contributed by atoms with van der Waals surface area (Å²) >= 11 is 6.32. The lowest BCUT2D eigenvalue weighted by Crippen LogP contribution is -2.54. The van der Waals surface area contributed by atoms with Gasteiger partial charge >= 0.3 is 0 Å². The first-order valence-electron chi connectivity index (χ1n) is 15.2. The molecule has 0 fully saturated rings. The van der Waals surface area contributed by atoms with Crippen molar-refractivity contribution in [3.05, 3.63) is 119 Å². The maximum absolute atomic E-state index is 14.6. The maximum atomic E-state index is 14.6. The lowest BCUT2D eigenvalue weighted by molar-refractivity contribution is -0.140. The predicted octanol–water partition coefficient (Wildman–Crippen LogP) is 6.11. The highest BCUT2D eigenvalue weighted by Gasteiger charge is 2.35. The number of rotatable bonds is 15. The Morgan fingerprint density at radius 2 is 1.47 bits per heavy atom. The molecule has 0 aliphatic heterocycles. The zero-order valence-corrected chi connectivity index (χ0v) is 28.5. The third-order valence-electron chi connectivity index (χ3n) is 7.78. The normalized spacial score (nSPS) is 12.4. The van der Waals surface area contributed by atoms with Crippen LogP contribution in [0.15, 0.2) is 108 Å². The molecule has 0 spiro atoms. The molecule has 2 amide bonds. The van der Waals surface area contributed by atoms with E-state index in [1.54, 1.807) is 48.5 Å². The van der Waals surface area contributed by atoms with Crippen LogP contribution in [0.1, 0.15) is 31.4 Å². The number of hydrogen-bond acceptors (Lipinski definition) is 6. The highest BCUT2D eigenvalue weighted by atomic mass is 35.5. The van der Waals surface area contributed by atoms with Gasteiger partial charge in [0, 0.05) is 30.1 Å². The second-order valence-electron chi connectivity index (χ2n) is 11.0. The fourth-order valence-corrected chi connectivity index (χ4v) is 6.70. The van der Waals surface area contributed by atoms with Crippen LogP contribution in [-0.2, 0) is 32.6 Å². The third-order valence-corrected chi connectivity index (χ3v) is 9.79. The molecule has 47 heavy (non-hydrogen) atoms. The average molecular weight is 678 g/mol. The van der Waals surface area contributed by atoms with E-state index in [0.717, 1.165) is 9.87 Å². The van der Waals surface area contributed by atoms with Crippen LogP contribution in [0.25, 0.3) is 0 Å². The molecule has 0 aromatic heterocycles. The van der Waals surface area contributed by atoms with Gasteiger partial charge in [0.25, 0.3) is 10.0 Å². The Morgan fingerprint density at radius 1 is 0.830 bits per heavy atom. The van der Waals surface area contributed by atoms with Gasteiger partial charge in [-0.1, -0.05) is 79.2 Å². The number of sulfonamides is 1. The van der Waals surface area contributed by atoms with Crippen molar-refractivity contribution in [2.45, 2.75) is 50.2 Å². The van der Waals surface area contributed by atoms with Gasteiger partial charge in [-0.15, -0.1) is 0 Å². The standard InChI is InChI=1S/C36H40ClN3O6S/c1-5-26(2)38-36(42)32(22-27-13-8-6-9-14-27)39(24-28-15-12-16-29(37)21-28)35(41)25-40(30-17-10-7-11-18-30)47(43,44)31-19-20-33(45-3)34(23-31)46-4/h6-21,23,26,32H,5,22,24-25H2,1-4H3,(H,38,42). The van der Waals surface area contributed by atoms with Gasteiger partial charge in [0.15, 0.2) is 11.5 Å². The number of nitrogens with one attached hydrogen (secondary N) is 1. The molecular formula is C36H40ClN3O6S. The van der Waals surface area contributed by atoms with Crippen molar-refractivity contribution >= 4 is 39.1 Å². The topological polar surface area (TPSA) is 105 Å². The number of benzene rings is 4. The number of nitrogens with zero attached hydrogens (tertiary/aromatic N) is 2. The first-order chi connectivity index (χ1) is 22.6. The smallest absolute Gasteiger partial charge is 0.264 e. The first kappa shape index (κ1) is 35.3. The molecular weight excluding hydrogens is 638 g/mol. The molecule has 0 bridgehead atoms. The van der Waals surface area contributed by atoms with Crippen molar-refractivity contribution in [3.63, 3.8) is 0 Å². The van der Waals surface area contributed by atoms with Gasteiger partial charge in [0.1, 0.15) is 12.6 Å². The Kier molecular flexibility index (Phi) is 12.3. The lowest BCUT2D eigenvalue weighted by atomic mass is 10.0. The van der Waals surface area contributed by atoms with Gasteiger partial charge in [0.05, 0.1) is 24.8 Å².